The average molecular weight is 412 g/mol. The maximum atomic E-state index is 6.42. The number of hydrogen-bond acceptors (Lipinski definition) is 5. The van der Waals surface area contributed by atoms with Gasteiger partial charge in [0.1, 0.15) is 23.9 Å². The van der Waals surface area contributed by atoms with E-state index < -0.39 is 0 Å². The molecule has 2 atom stereocenters. The molecule has 0 unspecified atom stereocenters. The molecule has 2 aliphatic rings. The van der Waals surface area contributed by atoms with Crippen molar-refractivity contribution in [2.45, 2.75) is 18.7 Å². The quantitative estimate of drug-likeness (QED) is 0.501. The van der Waals surface area contributed by atoms with Crippen molar-refractivity contribution in [3.63, 3.8) is 0 Å². The topological polar surface area (TPSA) is 43.3 Å². The lowest BCUT2D eigenvalue weighted by Crippen LogP contribution is -2.33. The van der Waals surface area contributed by atoms with Crippen LogP contribution in [0.4, 0.5) is 0 Å². The fourth-order valence-corrected chi connectivity index (χ4v) is 4.10. The predicted octanol–water partition coefficient (Wildman–Crippen LogP) is 5.50. The highest BCUT2D eigenvalue weighted by molar-refractivity contribution is 6.02. The Kier molecular flexibility index (Phi) is 5.08. The lowest BCUT2D eigenvalue weighted by Gasteiger charge is -2.38. The van der Waals surface area contributed by atoms with Crippen LogP contribution in [0.25, 0.3) is 0 Å². The first-order valence-electron chi connectivity index (χ1n) is 10.4. The summed E-state index contributed by atoms with van der Waals surface area (Å²) < 4.78 is 17.3. The molecular formula is C26H24N2O3. The van der Waals surface area contributed by atoms with Gasteiger partial charge in [0.15, 0.2) is 0 Å². The van der Waals surface area contributed by atoms with E-state index in [1.165, 1.54) is 0 Å². The molecule has 5 nitrogen and oxygen atoms in total. The largest absolute Gasteiger partial charge is 0.497 e. The number of methoxy groups -OCH3 is 1. The molecule has 0 saturated heterocycles. The van der Waals surface area contributed by atoms with Gasteiger partial charge in [0, 0.05) is 17.5 Å². The molecule has 31 heavy (non-hydrogen) atoms. The number of para-hydroxylation sites is 1. The maximum Gasteiger partial charge on any atom is 0.213 e. The molecule has 0 amide bonds. The van der Waals surface area contributed by atoms with Crippen molar-refractivity contribution < 1.29 is 14.2 Å². The summed E-state index contributed by atoms with van der Waals surface area (Å²) in [4.78, 5) is 0. The number of fused-ring (bicyclic) bond motifs is 3. The molecule has 0 saturated carbocycles. The number of hydrogen-bond donors (Lipinski definition) is 0. The molecular weight excluding hydrogens is 388 g/mol. The van der Waals surface area contributed by atoms with Crippen LogP contribution in [-0.4, -0.2) is 24.4 Å². The molecule has 0 aromatic heterocycles. The van der Waals surface area contributed by atoms with E-state index in [-0.39, 0.29) is 12.3 Å². The molecule has 0 spiro atoms. The molecule has 2 aliphatic heterocycles. The smallest absolute Gasteiger partial charge is 0.213 e. The Balaban J connectivity index is 1.49. The standard InChI is InChI=1S/C26H24N2O3/c1-3-16-30-21-14-10-19(11-15-21)26-28-24(22-6-4-5-7-25(22)31-26)17-23(27-28)18-8-12-20(29-2)13-9-18/h3-15,24,26H,1,16-17H2,2H3/t24-,26+/m0/s1. The fraction of sp³-hybridized carbons (Fsp3) is 0.192. The Labute approximate surface area is 182 Å². The second kappa shape index (κ2) is 8.19. The van der Waals surface area contributed by atoms with Gasteiger partial charge in [-0.1, -0.05) is 30.9 Å². The van der Waals surface area contributed by atoms with Crippen LogP contribution in [0, 0.1) is 0 Å². The van der Waals surface area contributed by atoms with Crippen LogP contribution in [0.5, 0.6) is 17.2 Å². The summed E-state index contributed by atoms with van der Waals surface area (Å²) in [5, 5.41) is 7.09. The van der Waals surface area contributed by atoms with E-state index in [1.807, 2.05) is 48.5 Å². The summed E-state index contributed by atoms with van der Waals surface area (Å²) in [6.07, 6.45) is 2.26. The molecule has 3 aromatic rings. The highest BCUT2D eigenvalue weighted by Crippen LogP contribution is 2.47. The zero-order valence-corrected chi connectivity index (χ0v) is 17.4. The van der Waals surface area contributed by atoms with Crippen molar-refractivity contribution in [2.24, 2.45) is 5.10 Å². The molecule has 0 radical (unpaired) electrons. The summed E-state index contributed by atoms with van der Waals surface area (Å²) in [6, 6.07) is 24.4. The zero-order valence-electron chi connectivity index (χ0n) is 17.4. The van der Waals surface area contributed by atoms with E-state index in [0.717, 1.165) is 46.1 Å². The number of rotatable bonds is 6. The first-order valence-corrected chi connectivity index (χ1v) is 10.4. The third-order valence-electron chi connectivity index (χ3n) is 5.66. The van der Waals surface area contributed by atoms with E-state index in [0.29, 0.717) is 6.61 Å². The maximum absolute atomic E-state index is 6.42. The van der Waals surface area contributed by atoms with Gasteiger partial charge < -0.3 is 14.2 Å². The van der Waals surface area contributed by atoms with Crippen LogP contribution >= 0.6 is 0 Å². The first-order chi connectivity index (χ1) is 15.3. The monoisotopic (exact) mass is 412 g/mol. The van der Waals surface area contributed by atoms with Gasteiger partial charge in [-0.15, -0.1) is 0 Å². The zero-order chi connectivity index (χ0) is 21.2. The van der Waals surface area contributed by atoms with Gasteiger partial charge in [0.05, 0.1) is 18.9 Å². The van der Waals surface area contributed by atoms with E-state index in [2.05, 4.69) is 35.9 Å². The van der Waals surface area contributed by atoms with E-state index in [9.17, 15) is 0 Å². The molecule has 0 N–H and O–H groups in total. The minimum Gasteiger partial charge on any atom is -0.497 e. The van der Waals surface area contributed by atoms with E-state index in [4.69, 9.17) is 19.3 Å². The van der Waals surface area contributed by atoms with Crippen LogP contribution in [0.2, 0.25) is 0 Å². The summed E-state index contributed by atoms with van der Waals surface area (Å²) in [7, 11) is 1.68. The second-order valence-electron chi connectivity index (χ2n) is 7.55. The predicted molar refractivity (Wildman–Crippen MR) is 121 cm³/mol. The van der Waals surface area contributed by atoms with Gasteiger partial charge in [-0.05, 0) is 60.2 Å². The van der Waals surface area contributed by atoms with Crippen LogP contribution in [0.3, 0.4) is 0 Å². The van der Waals surface area contributed by atoms with Gasteiger partial charge >= 0.3 is 0 Å². The van der Waals surface area contributed by atoms with Crippen molar-refractivity contribution in [2.75, 3.05) is 13.7 Å². The molecule has 0 aliphatic carbocycles. The van der Waals surface area contributed by atoms with E-state index >= 15 is 0 Å². The first kappa shape index (κ1) is 19.2. The number of hydrazone groups is 1. The Morgan fingerprint density at radius 1 is 1.03 bits per heavy atom. The lowest BCUT2D eigenvalue weighted by atomic mass is 9.96. The molecule has 5 heteroatoms. The highest BCUT2D eigenvalue weighted by atomic mass is 16.5. The normalized spacial score (nSPS) is 19.0. The summed E-state index contributed by atoms with van der Waals surface area (Å²) in [5.41, 5.74) is 4.34. The van der Waals surface area contributed by atoms with Crippen molar-refractivity contribution in [3.05, 3.63) is 102 Å². The molecule has 5 rings (SSSR count). The minimum absolute atomic E-state index is 0.128. The molecule has 156 valence electrons. The number of nitrogens with zero attached hydrogens (tertiary/aromatic N) is 2. The Morgan fingerprint density at radius 2 is 1.77 bits per heavy atom. The van der Waals surface area contributed by atoms with Crippen molar-refractivity contribution >= 4 is 5.71 Å². The summed E-state index contributed by atoms with van der Waals surface area (Å²) >= 11 is 0. The molecule has 0 fully saturated rings. The number of ether oxygens (including phenoxy) is 3. The number of benzene rings is 3. The Morgan fingerprint density at radius 3 is 2.52 bits per heavy atom. The van der Waals surface area contributed by atoms with Crippen LogP contribution in [0.15, 0.2) is 90.6 Å². The minimum atomic E-state index is -0.302. The van der Waals surface area contributed by atoms with Gasteiger partial charge in [-0.3, -0.25) is 0 Å². The van der Waals surface area contributed by atoms with Crippen molar-refractivity contribution in [1.29, 1.82) is 0 Å². The van der Waals surface area contributed by atoms with E-state index in [1.54, 1.807) is 13.2 Å². The van der Waals surface area contributed by atoms with Crippen LogP contribution in [0.1, 0.15) is 35.4 Å². The fourth-order valence-electron chi connectivity index (χ4n) is 4.10. The Bertz CT molecular complexity index is 1110. The Hall–Kier alpha value is -3.73. The van der Waals surface area contributed by atoms with Gasteiger partial charge in [-0.2, -0.15) is 5.10 Å². The average Bonchev–Trinajstić information content (AvgIpc) is 3.28. The lowest BCUT2D eigenvalue weighted by molar-refractivity contribution is -0.0190. The second-order valence-corrected chi connectivity index (χ2v) is 7.55. The SMILES string of the molecule is C=CCOc1ccc([C@H]2Oc3ccccc3[C@@H]3CC(c4ccc(OC)cc4)=NN23)cc1. The van der Waals surface area contributed by atoms with Gasteiger partial charge in [0.25, 0.3) is 0 Å². The third kappa shape index (κ3) is 3.63. The molecule has 3 aromatic carbocycles. The third-order valence-corrected chi connectivity index (χ3v) is 5.66. The van der Waals surface area contributed by atoms with Crippen LogP contribution < -0.4 is 14.2 Å². The molecule has 0 bridgehead atoms. The highest BCUT2D eigenvalue weighted by Gasteiger charge is 2.40. The van der Waals surface area contributed by atoms with Crippen molar-refractivity contribution in [3.8, 4) is 17.2 Å². The molecule has 2 heterocycles. The summed E-state index contributed by atoms with van der Waals surface area (Å²) in [5.74, 6) is 2.55. The van der Waals surface area contributed by atoms with Crippen molar-refractivity contribution in [1.82, 2.24) is 5.01 Å². The van der Waals surface area contributed by atoms with Gasteiger partial charge in [-0.25, -0.2) is 5.01 Å². The van der Waals surface area contributed by atoms with Gasteiger partial charge in [0.2, 0.25) is 6.23 Å². The summed E-state index contributed by atoms with van der Waals surface area (Å²) in [6.45, 7) is 4.18. The van der Waals surface area contributed by atoms with Crippen LogP contribution in [-0.2, 0) is 0 Å².